The van der Waals surface area contributed by atoms with Gasteiger partial charge >= 0.3 is 0 Å². The molecule has 1 aromatic carbocycles. The Labute approximate surface area is 137 Å². The van der Waals surface area contributed by atoms with Crippen molar-refractivity contribution in [3.8, 4) is 0 Å². The van der Waals surface area contributed by atoms with E-state index in [2.05, 4.69) is 10.2 Å². The number of hydrogen-bond donors (Lipinski definition) is 2. The van der Waals surface area contributed by atoms with Crippen LogP contribution in [0.1, 0.15) is 39.2 Å². The average molecular weight is 322 g/mol. The van der Waals surface area contributed by atoms with E-state index in [9.17, 15) is 14.3 Å². The van der Waals surface area contributed by atoms with Gasteiger partial charge in [0.2, 0.25) is 5.91 Å². The number of amides is 1. The van der Waals surface area contributed by atoms with E-state index in [1.165, 1.54) is 12.1 Å². The van der Waals surface area contributed by atoms with Crippen molar-refractivity contribution in [2.75, 3.05) is 13.1 Å². The molecule has 1 amide bonds. The smallest absolute Gasteiger partial charge is 0.237 e. The van der Waals surface area contributed by atoms with E-state index in [-0.39, 0.29) is 30.2 Å². The second-order valence-corrected chi connectivity index (χ2v) is 6.98. The Kier molecular flexibility index (Phi) is 5.76. The topological polar surface area (TPSA) is 52.6 Å². The van der Waals surface area contributed by atoms with Gasteiger partial charge in [-0.2, -0.15) is 0 Å². The van der Waals surface area contributed by atoms with Gasteiger partial charge in [-0.1, -0.05) is 26.0 Å². The van der Waals surface area contributed by atoms with E-state index in [0.717, 1.165) is 24.9 Å². The third-order valence-electron chi connectivity index (χ3n) is 4.83. The van der Waals surface area contributed by atoms with Crippen LogP contribution in [0.5, 0.6) is 0 Å². The van der Waals surface area contributed by atoms with Gasteiger partial charge in [0.15, 0.2) is 0 Å². The van der Waals surface area contributed by atoms with Crippen molar-refractivity contribution in [2.45, 2.75) is 51.8 Å². The largest absolute Gasteiger partial charge is 0.388 e. The second-order valence-electron chi connectivity index (χ2n) is 6.98. The molecule has 2 N–H and O–H groups in total. The summed E-state index contributed by atoms with van der Waals surface area (Å²) in [7, 11) is 0. The van der Waals surface area contributed by atoms with Crippen molar-refractivity contribution in [2.24, 2.45) is 5.92 Å². The number of rotatable bonds is 6. The highest BCUT2D eigenvalue weighted by Gasteiger charge is 2.32. The third-order valence-corrected chi connectivity index (χ3v) is 4.83. The highest BCUT2D eigenvalue weighted by molar-refractivity contribution is 5.82. The molecule has 23 heavy (non-hydrogen) atoms. The van der Waals surface area contributed by atoms with Gasteiger partial charge in [0.05, 0.1) is 11.6 Å². The quantitative estimate of drug-likeness (QED) is 0.845. The maximum absolute atomic E-state index is 13.0. The highest BCUT2D eigenvalue weighted by atomic mass is 19.1. The molecular formula is C18H27FN2O2. The Hall–Kier alpha value is -1.46. The zero-order valence-electron chi connectivity index (χ0n) is 14.2. The standard InChI is InChI=1S/C18H27FN2O2/c1-13(2)18(3,23)12-20-17(22)16-5-4-10-21(16)11-14-6-8-15(19)9-7-14/h6-9,13,16,23H,4-5,10-12H2,1-3H3,(H,20,22). The number of carbonyl (C=O) groups excluding carboxylic acids is 1. The molecule has 128 valence electrons. The molecule has 0 aliphatic carbocycles. The van der Waals surface area contributed by atoms with Gasteiger partial charge in [0.1, 0.15) is 5.82 Å². The minimum atomic E-state index is -0.907. The van der Waals surface area contributed by atoms with Crippen molar-refractivity contribution >= 4 is 5.91 Å². The fourth-order valence-corrected chi connectivity index (χ4v) is 2.72. The number of nitrogens with zero attached hydrogens (tertiary/aromatic N) is 1. The molecule has 5 heteroatoms. The lowest BCUT2D eigenvalue weighted by Crippen LogP contribution is -2.49. The fraction of sp³-hybridized carbons (Fsp3) is 0.611. The van der Waals surface area contributed by atoms with Crippen molar-refractivity contribution in [1.29, 1.82) is 0 Å². The fourth-order valence-electron chi connectivity index (χ4n) is 2.72. The SMILES string of the molecule is CC(C)C(C)(O)CNC(=O)C1CCCN1Cc1ccc(F)cc1. The first-order chi connectivity index (χ1) is 10.8. The molecule has 1 fully saturated rings. The zero-order chi connectivity index (χ0) is 17.0. The molecule has 0 radical (unpaired) electrons. The third kappa shape index (κ3) is 4.75. The van der Waals surface area contributed by atoms with E-state index in [1.54, 1.807) is 19.1 Å². The predicted molar refractivity (Wildman–Crippen MR) is 88.3 cm³/mol. The van der Waals surface area contributed by atoms with Crippen molar-refractivity contribution in [1.82, 2.24) is 10.2 Å². The van der Waals surface area contributed by atoms with Gasteiger partial charge in [-0.05, 0) is 49.9 Å². The summed E-state index contributed by atoms with van der Waals surface area (Å²) >= 11 is 0. The van der Waals surface area contributed by atoms with Gasteiger partial charge in [0.25, 0.3) is 0 Å². The molecule has 4 nitrogen and oxygen atoms in total. The molecule has 2 unspecified atom stereocenters. The van der Waals surface area contributed by atoms with Crippen LogP contribution in [0, 0.1) is 11.7 Å². The van der Waals surface area contributed by atoms with Crippen LogP contribution in [0.2, 0.25) is 0 Å². The second kappa shape index (κ2) is 7.41. The predicted octanol–water partition coefficient (Wildman–Crippen LogP) is 2.31. The lowest BCUT2D eigenvalue weighted by atomic mass is 9.92. The summed E-state index contributed by atoms with van der Waals surface area (Å²) < 4.78 is 13.0. The van der Waals surface area contributed by atoms with Crippen molar-refractivity contribution in [3.63, 3.8) is 0 Å². The van der Waals surface area contributed by atoms with Gasteiger partial charge in [-0.25, -0.2) is 4.39 Å². The molecule has 1 aliphatic rings. The van der Waals surface area contributed by atoms with E-state index in [0.29, 0.717) is 6.54 Å². The van der Waals surface area contributed by atoms with Crippen molar-refractivity contribution < 1.29 is 14.3 Å². The van der Waals surface area contributed by atoms with Crippen LogP contribution in [0.25, 0.3) is 0 Å². The van der Waals surface area contributed by atoms with E-state index in [1.807, 2.05) is 13.8 Å². The van der Waals surface area contributed by atoms with E-state index >= 15 is 0 Å². The minimum Gasteiger partial charge on any atom is -0.388 e. The Morgan fingerprint density at radius 1 is 1.43 bits per heavy atom. The van der Waals surface area contributed by atoms with Crippen LogP contribution in [0.4, 0.5) is 4.39 Å². The number of halogens is 1. The summed E-state index contributed by atoms with van der Waals surface area (Å²) in [4.78, 5) is 14.6. The maximum atomic E-state index is 13.0. The maximum Gasteiger partial charge on any atom is 0.237 e. The zero-order valence-corrected chi connectivity index (χ0v) is 14.2. The lowest BCUT2D eigenvalue weighted by molar-refractivity contribution is -0.127. The molecule has 2 atom stereocenters. The van der Waals surface area contributed by atoms with Crippen LogP contribution in [-0.2, 0) is 11.3 Å². The molecule has 0 spiro atoms. The van der Waals surface area contributed by atoms with E-state index in [4.69, 9.17) is 0 Å². The van der Waals surface area contributed by atoms with Gasteiger partial charge in [0, 0.05) is 13.1 Å². The van der Waals surface area contributed by atoms with E-state index < -0.39 is 5.60 Å². The summed E-state index contributed by atoms with van der Waals surface area (Å²) in [6.45, 7) is 7.35. The van der Waals surface area contributed by atoms with Gasteiger partial charge in [-0.3, -0.25) is 9.69 Å². The molecule has 1 aromatic rings. The molecular weight excluding hydrogens is 295 g/mol. The molecule has 1 heterocycles. The molecule has 0 aromatic heterocycles. The molecule has 2 rings (SSSR count). The van der Waals surface area contributed by atoms with Gasteiger partial charge < -0.3 is 10.4 Å². The normalized spacial score (nSPS) is 21.4. The first kappa shape index (κ1) is 17.9. The Bertz CT molecular complexity index is 528. The lowest BCUT2D eigenvalue weighted by Gasteiger charge is -2.30. The number of hydrogen-bond acceptors (Lipinski definition) is 3. The van der Waals surface area contributed by atoms with Crippen LogP contribution < -0.4 is 5.32 Å². The summed E-state index contributed by atoms with van der Waals surface area (Å²) in [5.41, 5.74) is 0.0936. The number of aliphatic hydroxyl groups is 1. The van der Waals surface area contributed by atoms with Crippen molar-refractivity contribution in [3.05, 3.63) is 35.6 Å². The average Bonchev–Trinajstić information content (AvgIpc) is 2.95. The molecule has 0 bridgehead atoms. The first-order valence-electron chi connectivity index (χ1n) is 8.28. The molecule has 1 aliphatic heterocycles. The number of carbonyl (C=O) groups is 1. The number of benzene rings is 1. The van der Waals surface area contributed by atoms with Crippen LogP contribution in [0.3, 0.4) is 0 Å². The minimum absolute atomic E-state index is 0.0365. The Morgan fingerprint density at radius 2 is 2.09 bits per heavy atom. The summed E-state index contributed by atoms with van der Waals surface area (Å²) in [6, 6.07) is 6.22. The summed E-state index contributed by atoms with van der Waals surface area (Å²) in [5, 5.41) is 13.1. The highest BCUT2D eigenvalue weighted by Crippen LogP contribution is 2.21. The Balaban J connectivity index is 1.92. The van der Waals surface area contributed by atoms with Gasteiger partial charge in [-0.15, -0.1) is 0 Å². The van der Waals surface area contributed by atoms with Crippen LogP contribution in [0.15, 0.2) is 24.3 Å². The first-order valence-corrected chi connectivity index (χ1v) is 8.28. The molecule has 1 saturated heterocycles. The summed E-state index contributed by atoms with van der Waals surface area (Å²) in [5.74, 6) is -0.215. The number of likely N-dealkylation sites (tertiary alicyclic amines) is 1. The van der Waals surface area contributed by atoms with Crippen LogP contribution >= 0.6 is 0 Å². The molecule has 0 saturated carbocycles. The number of nitrogens with one attached hydrogen (secondary N) is 1. The Morgan fingerprint density at radius 3 is 2.70 bits per heavy atom. The summed E-state index contributed by atoms with van der Waals surface area (Å²) in [6.07, 6.45) is 1.79. The van der Waals surface area contributed by atoms with Crippen LogP contribution in [-0.4, -0.2) is 40.6 Å². The monoisotopic (exact) mass is 322 g/mol.